The lowest BCUT2D eigenvalue weighted by Crippen LogP contribution is -2.36. The van der Waals surface area contributed by atoms with Crippen molar-refractivity contribution in [3.63, 3.8) is 0 Å². The molecule has 1 heterocycles. The molecule has 4 heteroatoms. The van der Waals surface area contributed by atoms with Crippen molar-refractivity contribution in [3.8, 4) is 0 Å². The van der Waals surface area contributed by atoms with E-state index < -0.39 is 0 Å². The zero-order valence-electron chi connectivity index (χ0n) is 9.15. The van der Waals surface area contributed by atoms with Crippen molar-refractivity contribution in [2.75, 3.05) is 18.6 Å². The van der Waals surface area contributed by atoms with Crippen LogP contribution in [0.5, 0.6) is 0 Å². The van der Waals surface area contributed by atoms with Gasteiger partial charge in [-0.2, -0.15) is 0 Å². The van der Waals surface area contributed by atoms with E-state index in [1.54, 1.807) is 0 Å². The molecule has 1 unspecified atom stereocenters. The predicted octanol–water partition coefficient (Wildman–Crippen LogP) is 2.48. The van der Waals surface area contributed by atoms with Gasteiger partial charge in [0, 0.05) is 17.3 Å². The van der Waals surface area contributed by atoms with Crippen LogP contribution in [0, 0.1) is 0 Å². The van der Waals surface area contributed by atoms with Gasteiger partial charge in [0.05, 0.1) is 7.11 Å². The van der Waals surface area contributed by atoms with Gasteiger partial charge in [-0.25, -0.2) is 4.79 Å². The second-order valence-electron chi connectivity index (χ2n) is 3.85. The van der Waals surface area contributed by atoms with Gasteiger partial charge < -0.3 is 9.64 Å². The number of rotatable bonds is 2. The highest BCUT2D eigenvalue weighted by molar-refractivity contribution is 6.30. The Kier molecular flexibility index (Phi) is 3.34. The van der Waals surface area contributed by atoms with E-state index in [9.17, 15) is 4.79 Å². The minimum Gasteiger partial charge on any atom is -0.467 e. The van der Waals surface area contributed by atoms with E-state index in [-0.39, 0.29) is 12.0 Å². The second kappa shape index (κ2) is 4.74. The highest BCUT2D eigenvalue weighted by Crippen LogP contribution is 2.27. The van der Waals surface area contributed by atoms with E-state index in [1.165, 1.54) is 7.11 Å². The van der Waals surface area contributed by atoms with Crippen LogP contribution < -0.4 is 4.90 Å². The van der Waals surface area contributed by atoms with Gasteiger partial charge in [-0.1, -0.05) is 17.7 Å². The van der Waals surface area contributed by atoms with Crippen molar-refractivity contribution in [2.45, 2.75) is 18.9 Å². The summed E-state index contributed by atoms with van der Waals surface area (Å²) in [6.45, 7) is 0.875. The third kappa shape index (κ3) is 2.14. The number of carbonyl (C=O) groups excluding carboxylic acids is 1. The Balaban J connectivity index is 2.23. The first-order valence-electron chi connectivity index (χ1n) is 5.32. The molecule has 0 bridgehead atoms. The van der Waals surface area contributed by atoms with E-state index in [0.717, 1.165) is 25.1 Å². The molecule has 16 heavy (non-hydrogen) atoms. The molecule has 0 aliphatic carbocycles. The van der Waals surface area contributed by atoms with Crippen LogP contribution >= 0.6 is 11.6 Å². The van der Waals surface area contributed by atoms with Crippen LogP contribution in [0.15, 0.2) is 24.3 Å². The average molecular weight is 240 g/mol. The zero-order valence-corrected chi connectivity index (χ0v) is 9.91. The third-order valence-corrected chi connectivity index (χ3v) is 3.10. The Hall–Kier alpha value is -1.22. The fourth-order valence-corrected chi connectivity index (χ4v) is 2.30. The molecule has 0 aromatic heterocycles. The Morgan fingerprint density at radius 2 is 2.38 bits per heavy atom. The van der Waals surface area contributed by atoms with Gasteiger partial charge in [-0.15, -0.1) is 0 Å². The molecule has 0 radical (unpaired) electrons. The van der Waals surface area contributed by atoms with Gasteiger partial charge in [-0.05, 0) is 31.0 Å². The molecule has 3 nitrogen and oxygen atoms in total. The van der Waals surface area contributed by atoms with Crippen LogP contribution in [0.25, 0.3) is 0 Å². The molecule has 1 aromatic rings. The maximum absolute atomic E-state index is 11.6. The smallest absolute Gasteiger partial charge is 0.328 e. The van der Waals surface area contributed by atoms with Crippen molar-refractivity contribution in [3.05, 3.63) is 29.3 Å². The van der Waals surface area contributed by atoms with Crippen LogP contribution in [0.4, 0.5) is 5.69 Å². The Morgan fingerprint density at radius 1 is 1.56 bits per heavy atom. The molecule has 1 aromatic carbocycles. The summed E-state index contributed by atoms with van der Waals surface area (Å²) in [5, 5.41) is 0.688. The van der Waals surface area contributed by atoms with E-state index >= 15 is 0 Å². The van der Waals surface area contributed by atoms with Gasteiger partial charge in [0.25, 0.3) is 0 Å². The van der Waals surface area contributed by atoms with Gasteiger partial charge in [-0.3, -0.25) is 0 Å². The van der Waals surface area contributed by atoms with Crippen LogP contribution in [-0.4, -0.2) is 25.7 Å². The monoisotopic (exact) mass is 239 g/mol. The highest BCUT2D eigenvalue weighted by Gasteiger charge is 2.31. The molecular formula is C12H14ClNO2. The summed E-state index contributed by atoms with van der Waals surface area (Å²) in [5.41, 5.74) is 0.986. The van der Waals surface area contributed by atoms with Crippen molar-refractivity contribution < 1.29 is 9.53 Å². The number of anilines is 1. The number of hydrogen-bond acceptors (Lipinski definition) is 3. The van der Waals surface area contributed by atoms with Crippen molar-refractivity contribution in [2.24, 2.45) is 0 Å². The standard InChI is InChI=1S/C12H14ClNO2/c1-16-12(15)11-6-3-7-14(11)10-5-2-4-9(13)8-10/h2,4-5,8,11H,3,6-7H2,1H3. The lowest BCUT2D eigenvalue weighted by molar-refractivity contribution is -0.141. The first-order valence-corrected chi connectivity index (χ1v) is 5.70. The van der Waals surface area contributed by atoms with Crippen LogP contribution in [0.2, 0.25) is 5.02 Å². The van der Waals surface area contributed by atoms with Gasteiger partial charge in [0.15, 0.2) is 0 Å². The fraction of sp³-hybridized carbons (Fsp3) is 0.417. The number of carbonyl (C=O) groups is 1. The average Bonchev–Trinajstić information content (AvgIpc) is 2.77. The molecule has 86 valence electrons. The quantitative estimate of drug-likeness (QED) is 0.743. The lowest BCUT2D eigenvalue weighted by atomic mass is 10.2. The number of hydrogen-bond donors (Lipinski definition) is 0. The number of methoxy groups -OCH3 is 1. The summed E-state index contributed by atoms with van der Waals surface area (Å²) >= 11 is 5.94. The topological polar surface area (TPSA) is 29.5 Å². The summed E-state index contributed by atoms with van der Waals surface area (Å²) < 4.78 is 4.80. The maximum Gasteiger partial charge on any atom is 0.328 e. The molecule has 1 aliphatic heterocycles. The number of nitrogens with zero attached hydrogens (tertiary/aromatic N) is 1. The van der Waals surface area contributed by atoms with E-state index in [4.69, 9.17) is 16.3 Å². The zero-order chi connectivity index (χ0) is 11.5. The van der Waals surface area contributed by atoms with Crippen molar-refractivity contribution >= 4 is 23.3 Å². The van der Waals surface area contributed by atoms with E-state index in [1.807, 2.05) is 24.3 Å². The normalized spacial score (nSPS) is 19.9. The predicted molar refractivity (Wildman–Crippen MR) is 63.8 cm³/mol. The molecule has 0 amide bonds. The van der Waals surface area contributed by atoms with E-state index in [0.29, 0.717) is 5.02 Å². The summed E-state index contributed by atoms with van der Waals surface area (Å²) in [6, 6.07) is 7.40. The van der Waals surface area contributed by atoms with Crippen molar-refractivity contribution in [1.29, 1.82) is 0 Å². The van der Waals surface area contributed by atoms with Crippen molar-refractivity contribution in [1.82, 2.24) is 0 Å². The largest absolute Gasteiger partial charge is 0.467 e. The first-order chi connectivity index (χ1) is 7.72. The Labute approximate surface area is 100.0 Å². The SMILES string of the molecule is COC(=O)C1CCCN1c1cccc(Cl)c1. The molecule has 1 aliphatic rings. The van der Waals surface area contributed by atoms with Crippen LogP contribution in [0.1, 0.15) is 12.8 Å². The molecule has 1 saturated heterocycles. The van der Waals surface area contributed by atoms with Gasteiger partial charge >= 0.3 is 5.97 Å². The number of halogens is 1. The lowest BCUT2D eigenvalue weighted by Gasteiger charge is -2.24. The third-order valence-electron chi connectivity index (χ3n) is 2.87. The fourth-order valence-electron chi connectivity index (χ4n) is 2.11. The molecular weight excluding hydrogens is 226 g/mol. The summed E-state index contributed by atoms with van der Waals surface area (Å²) in [6.07, 6.45) is 1.85. The first kappa shape index (κ1) is 11.3. The summed E-state index contributed by atoms with van der Waals surface area (Å²) in [7, 11) is 1.43. The van der Waals surface area contributed by atoms with Crippen LogP contribution in [-0.2, 0) is 9.53 Å². The minimum absolute atomic E-state index is 0.163. The van der Waals surface area contributed by atoms with E-state index in [2.05, 4.69) is 4.90 Å². The van der Waals surface area contributed by atoms with Gasteiger partial charge in [0.1, 0.15) is 6.04 Å². The molecule has 0 N–H and O–H groups in total. The number of benzene rings is 1. The summed E-state index contributed by atoms with van der Waals surface area (Å²) in [5.74, 6) is -0.169. The molecule has 1 atom stereocenters. The molecule has 1 fully saturated rings. The molecule has 2 rings (SSSR count). The number of esters is 1. The highest BCUT2D eigenvalue weighted by atomic mass is 35.5. The molecule has 0 saturated carbocycles. The molecule has 0 spiro atoms. The Morgan fingerprint density at radius 3 is 3.06 bits per heavy atom. The number of ether oxygens (including phenoxy) is 1. The van der Waals surface area contributed by atoms with Crippen LogP contribution in [0.3, 0.4) is 0 Å². The Bertz CT molecular complexity index is 394. The minimum atomic E-state index is -0.169. The second-order valence-corrected chi connectivity index (χ2v) is 4.29. The van der Waals surface area contributed by atoms with Gasteiger partial charge in [0.2, 0.25) is 0 Å². The summed E-state index contributed by atoms with van der Waals surface area (Å²) in [4.78, 5) is 13.6. The maximum atomic E-state index is 11.6.